The summed E-state index contributed by atoms with van der Waals surface area (Å²) in [6, 6.07) is 3.50. The fourth-order valence-corrected chi connectivity index (χ4v) is 4.07. The maximum absolute atomic E-state index is 12.9. The number of aromatic nitrogens is 3. The molecule has 0 radical (unpaired) electrons. The zero-order chi connectivity index (χ0) is 17.6. The van der Waals surface area contributed by atoms with Crippen LogP contribution in [0.1, 0.15) is 40.5 Å². The van der Waals surface area contributed by atoms with E-state index in [2.05, 4.69) is 5.10 Å². The van der Waals surface area contributed by atoms with Crippen molar-refractivity contribution in [3.05, 3.63) is 54.5 Å². The molecule has 7 heteroatoms. The van der Waals surface area contributed by atoms with E-state index < -0.39 is 0 Å². The number of carbonyl (C=O) groups excluding carboxylic acids is 1. The van der Waals surface area contributed by atoms with Gasteiger partial charge >= 0.3 is 4.87 Å². The average Bonchev–Trinajstić information content (AvgIpc) is 2.97. The van der Waals surface area contributed by atoms with E-state index in [0.717, 1.165) is 22.2 Å². The molecule has 0 saturated carbocycles. The second-order valence-electron chi connectivity index (χ2n) is 5.91. The Bertz CT molecular complexity index is 1070. The van der Waals surface area contributed by atoms with Crippen LogP contribution in [0.2, 0.25) is 0 Å². The minimum Gasteiger partial charge on any atom is -0.299 e. The van der Waals surface area contributed by atoms with Gasteiger partial charge in [0.2, 0.25) is 5.78 Å². The monoisotopic (exact) mass is 345 g/mol. The Balaban J connectivity index is 2.25. The van der Waals surface area contributed by atoms with Crippen LogP contribution in [0, 0.1) is 13.8 Å². The summed E-state index contributed by atoms with van der Waals surface area (Å²) in [5.41, 5.74) is 2.36. The lowest BCUT2D eigenvalue weighted by atomic mass is 9.98. The van der Waals surface area contributed by atoms with Gasteiger partial charge in [0.1, 0.15) is 5.56 Å². The van der Waals surface area contributed by atoms with Gasteiger partial charge in [0.25, 0.3) is 5.56 Å². The summed E-state index contributed by atoms with van der Waals surface area (Å²) in [6.45, 7) is 6.16. The lowest BCUT2D eigenvalue weighted by molar-refractivity contribution is 0.103. The highest BCUT2D eigenvalue weighted by atomic mass is 32.1. The summed E-state index contributed by atoms with van der Waals surface area (Å²) in [6.07, 6.45) is 0.834. The van der Waals surface area contributed by atoms with Crippen molar-refractivity contribution in [2.75, 3.05) is 0 Å². The van der Waals surface area contributed by atoms with Gasteiger partial charge in [0.15, 0.2) is 0 Å². The van der Waals surface area contributed by atoms with Gasteiger partial charge in [0, 0.05) is 24.8 Å². The van der Waals surface area contributed by atoms with Crippen molar-refractivity contribution in [1.82, 2.24) is 14.3 Å². The first kappa shape index (κ1) is 16.4. The molecule has 6 nitrogen and oxygen atoms in total. The number of hydrogen-bond donors (Lipinski definition) is 1. The van der Waals surface area contributed by atoms with Crippen molar-refractivity contribution in [2.24, 2.45) is 7.05 Å². The second kappa shape index (κ2) is 5.90. The largest absolute Gasteiger partial charge is 0.308 e. The van der Waals surface area contributed by atoms with E-state index in [1.54, 1.807) is 30.7 Å². The average molecular weight is 345 g/mol. The minimum absolute atomic E-state index is 0.0201. The number of carbonyl (C=O) groups is 1. The predicted molar refractivity (Wildman–Crippen MR) is 95.3 cm³/mol. The van der Waals surface area contributed by atoms with E-state index in [1.165, 1.54) is 16.0 Å². The number of nitrogens with zero attached hydrogens (tertiary/aromatic N) is 2. The molecule has 0 bridgehead atoms. The molecule has 0 fully saturated rings. The number of rotatable bonds is 4. The van der Waals surface area contributed by atoms with Crippen molar-refractivity contribution in [3.8, 4) is 0 Å². The Morgan fingerprint density at radius 2 is 1.96 bits per heavy atom. The number of aromatic amines is 1. The van der Waals surface area contributed by atoms with Crippen LogP contribution in [0.4, 0.5) is 0 Å². The van der Waals surface area contributed by atoms with Gasteiger partial charge in [-0.2, -0.15) is 0 Å². The maximum atomic E-state index is 12.9. The Labute approximate surface area is 142 Å². The molecule has 0 atom stereocenters. The molecule has 0 aliphatic heterocycles. The molecule has 24 heavy (non-hydrogen) atoms. The van der Waals surface area contributed by atoms with Crippen molar-refractivity contribution in [2.45, 2.75) is 33.7 Å². The molecule has 1 aromatic carbocycles. The lowest BCUT2D eigenvalue weighted by Gasteiger charge is -2.08. The molecule has 3 aromatic rings. The van der Waals surface area contributed by atoms with Crippen LogP contribution in [-0.4, -0.2) is 20.1 Å². The first-order valence-electron chi connectivity index (χ1n) is 7.80. The Morgan fingerprint density at radius 3 is 2.54 bits per heavy atom. The molecule has 2 heterocycles. The first-order valence-corrected chi connectivity index (χ1v) is 8.61. The van der Waals surface area contributed by atoms with Crippen molar-refractivity contribution in [3.63, 3.8) is 0 Å². The molecular formula is C17H19N3O3S. The third-order valence-corrected chi connectivity index (χ3v) is 5.17. The highest BCUT2D eigenvalue weighted by Crippen LogP contribution is 2.26. The quantitative estimate of drug-likeness (QED) is 0.737. The van der Waals surface area contributed by atoms with Gasteiger partial charge in [-0.25, -0.2) is 0 Å². The fourth-order valence-electron chi connectivity index (χ4n) is 3.09. The molecule has 0 aliphatic rings. The Morgan fingerprint density at radius 1 is 1.25 bits per heavy atom. The van der Waals surface area contributed by atoms with Crippen LogP contribution in [0.15, 0.2) is 21.7 Å². The number of thiazole rings is 1. The van der Waals surface area contributed by atoms with Gasteiger partial charge < -0.3 is 0 Å². The van der Waals surface area contributed by atoms with Crippen molar-refractivity contribution >= 4 is 27.3 Å². The van der Waals surface area contributed by atoms with E-state index in [9.17, 15) is 14.4 Å². The van der Waals surface area contributed by atoms with Gasteiger partial charge in [-0.15, -0.1) is 0 Å². The summed E-state index contributed by atoms with van der Waals surface area (Å²) in [5, 5.41) is 2.85. The summed E-state index contributed by atoms with van der Waals surface area (Å²) in [4.78, 5) is 37.3. The van der Waals surface area contributed by atoms with Gasteiger partial charge in [-0.1, -0.05) is 18.3 Å². The zero-order valence-electron chi connectivity index (χ0n) is 14.1. The first-order chi connectivity index (χ1) is 11.4. The molecule has 0 unspecified atom stereocenters. The van der Waals surface area contributed by atoms with E-state index in [0.29, 0.717) is 17.8 Å². The van der Waals surface area contributed by atoms with Gasteiger partial charge in [-0.3, -0.25) is 28.7 Å². The number of ketones is 1. The van der Waals surface area contributed by atoms with Crippen molar-refractivity contribution in [1.29, 1.82) is 0 Å². The van der Waals surface area contributed by atoms with Crippen LogP contribution in [0.25, 0.3) is 10.2 Å². The summed E-state index contributed by atoms with van der Waals surface area (Å²) >= 11 is 1.18. The van der Waals surface area contributed by atoms with E-state index in [4.69, 9.17) is 0 Å². The zero-order valence-corrected chi connectivity index (χ0v) is 14.9. The summed E-state index contributed by atoms with van der Waals surface area (Å²) in [5.74, 6) is -0.310. The second-order valence-corrected chi connectivity index (χ2v) is 6.90. The van der Waals surface area contributed by atoms with Crippen LogP contribution in [-0.2, 0) is 13.6 Å². The third kappa shape index (κ3) is 2.36. The fraction of sp³-hybridized carbons (Fsp3) is 0.353. The Hall–Kier alpha value is -2.41. The molecule has 0 saturated heterocycles. The lowest BCUT2D eigenvalue weighted by Crippen LogP contribution is -2.20. The normalized spacial score (nSPS) is 11.3. The summed E-state index contributed by atoms with van der Waals surface area (Å²) < 4.78 is 3.88. The van der Waals surface area contributed by atoms with Crippen LogP contribution < -0.4 is 10.4 Å². The molecule has 2 aromatic heterocycles. The number of H-pyrrole nitrogens is 1. The highest BCUT2D eigenvalue weighted by Gasteiger charge is 2.23. The number of benzene rings is 1. The molecule has 0 amide bonds. The van der Waals surface area contributed by atoms with E-state index in [1.807, 2.05) is 13.8 Å². The van der Waals surface area contributed by atoms with E-state index >= 15 is 0 Å². The molecular weight excluding hydrogens is 326 g/mol. The number of hydrogen-bond acceptors (Lipinski definition) is 4. The molecule has 0 spiro atoms. The molecule has 126 valence electrons. The molecule has 1 N–H and O–H groups in total. The highest BCUT2D eigenvalue weighted by molar-refractivity contribution is 7.16. The SMILES string of the molecule is CCCn1c(=O)sc2ccc(C(=O)c3c(C)[nH]n(C)c3=O)c(C)c21. The number of fused-ring (bicyclic) bond motifs is 1. The van der Waals surface area contributed by atoms with Crippen LogP contribution in [0.5, 0.6) is 0 Å². The van der Waals surface area contributed by atoms with Crippen LogP contribution >= 0.6 is 11.3 Å². The molecule has 0 aliphatic carbocycles. The topological polar surface area (TPSA) is 76.9 Å². The van der Waals surface area contributed by atoms with Crippen LogP contribution in [0.3, 0.4) is 0 Å². The molecule has 3 rings (SSSR count). The summed E-state index contributed by atoms with van der Waals surface area (Å²) in [7, 11) is 1.58. The van der Waals surface area contributed by atoms with Crippen molar-refractivity contribution < 1.29 is 4.79 Å². The predicted octanol–water partition coefficient (Wildman–Crippen LogP) is 2.35. The number of aryl methyl sites for hydroxylation is 4. The minimum atomic E-state index is -0.340. The number of nitrogens with one attached hydrogen (secondary N) is 1. The third-order valence-electron chi connectivity index (χ3n) is 4.23. The Kier molecular flexibility index (Phi) is 4.04. The maximum Gasteiger partial charge on any atom is 0.308 e. The standard InChI is InChI=1S/C17H19N3O3S/c1-5-8-20-14-9(2)11(6-7-12(14)24-17(20)23)15(21)13-10(3)18-19(4)16(13)22/h6-7,18H,5,8H2,1-4H3. The van der Waals surface area contributed by atoms with E-state index in [-0.39, 0.29) is 21.8 Å². The van der Waals surface area contributed by atoms with Gasteiger partial charge in [-0.05, 0) is 38.0 Å². The van der Waals surface area contributed by atoms with Gasteiger partial charge in [0.05, 0.1) is 10.2 Å². The smallest absolute Gasteiger partial charge is 0.299 e.